The zero-order chi connectivity index (χ0) is 24.9. The molecule has 35 heavy (non-hydrogen) atoms. The van der Waals surface area contributed by atoms with Crippen LogP contribution in [0, 0.1) is 18.7 Å². The standard InChI is InChI=1S/C27H29FN2O4S/c1-18(2)13-30(27(32)21-6-9-23-24(12-21)34-17-33-23)16-26(31)29(15-25-19(3)10-11-35-25)14-20-4-7-22(28)8-5-20/h4-12,18H,13-17H2,1-3H3. The molecule has 0 saturated carbocycles. The van der Waals surface area contributed by atoms with Crippen LogP contribution in [0.4, 0.5) is 4.39 Å². The molecule has 2 aromatic carbocycles. The first-order valence-electron chi connectivity index (χ1n) is 11.5. The van der Waals surface area contributed by atoms with Crippen molar-refractivity contribution in [3.63, 3.8) is 0 Å². The van der Waals surface area contributed by atoms with Gasteiger partial charge in [-0.15, -0.1) is 11.3 Å². The number of carbonyl (C=O) groups excluding carboxylic acids is 2. The van der Waals surface area contributed by atoms with Crippen LogP contribution >= 0.6 is 11.3 Å². The third kappa shape index (κ3) is 6.19. The molecule has 4 rings (SSSR count). The number of fused-ring (bicyclic) bond motifs is 1. The summed E-state index contributed by atoms with van der Waals surface area (Å²) in [6.45, 7) is 7.28. The molecule has 8 heteroatoms. The Morgan fingerprint density at radius 3 is 2.43 bits per heavy atom. The predicted molar refractivity (Wildman–Crippen MR) is 133 cm³/mol. The van der Waals surface area contributed by atoms with Crippen LogP contribution in [0.1, 0.15) is 40.2 Å². The Labute approximate surface area is 208 Å². The number of carbonyl (C=O) groups is 2. The summed E-state index contributed by atoms with van der Waals surface area (Å²) >= 11 is 1.59. The van der Waals surface area contributed by atoms with E-state index < -0.39 is 0 Å². The van der Waals surface area contributed by atoms with Crippen molar-refractivity contribution in [2.45, 2.75) is 33.9 Å². The van der Waals surface area contributed by atoms with Crippen LogP contribution < -0.4 is 9.47 Å². The van der Waals surface area contributed by atoms with Crippen LogP contribution in [-0.2, 0) is 17.9 Å². The quantitative estimate of drug-likeness (QED) is 0.406. The van der Waals surface area contributed by atoms with Crippen molar-refractivity contribution in [2.24, 2.45) is 5.92 Å². The normalized spacial score (nSPS) is 12.1. The molecule has 0 radical (unpaired) electrons. The van der Waals surface area contributed by atoms with E-state index in [1.165, 1.54) is 12.1 Å². The van der Waals surface area contributed by atoms with E-state index in [-0.39, 0.29) is 36.9 Å². The van der Waals surface area contributed by atoms with E-state index in [2.05, 4.69) is 0 Å². The van der Waals surface area contributed by atoms with E-state index >= 15 is 0 Å². The van der Waals surface area contributed by atoms with Crippen molar-refractivity contribution in [1.29, 1.82) is 0 Å². The summed E-state index contributed by atoms with van der Waals surface area (Å²) in [5.41, 5.74) is 2.38. The van der Waals surface area contributed by atoms with Gasteiger partial charge in [0.05, 0.1) is 6.54 Å². The maximum atomic E-state index is 13.6. The van der Waals surface area contributed by atoms with Crippen molar-refractivity contribution < 1.29 is 23.5 Å². The van der Waals surface area contributed by atoms with Gasteiger partial charge in [0.15, 0.2) is 11.5 Å². The molecule has 3 aromatic rings. The lowest BCUT2D eigenvalue weighted by Gasteiger charge is -2.29. The molecule has 0 spiro atoms. The summed E-state index contributed by atoms with van der Waals surface area (Å²) in [6.07, 6.45) is 0. The van der Waals surface area contributed by atoms with E-state index in [4.69, 9.17) is 9.47 Å². The molecule has 6 nitrogen and oxygen atoms in total. The molecular formula is C27H29FN2O4S. The summed E-state index contributed by atoms with van der Waals surface area (Å²) in [6, 6.07) is 13.2. The van der Waals surface area contributed by atoms with Crippen LogP contribution in [0.2, 0.25) is 0 Å². The number of benzene rings is 2. The monoisotopic (exact) mass is 496 g/mol. The van der Waals surface area contributed by atoms with Crippen LogP contribution in [0.15, 0.2) is 53.9 Å². The Morgan fingerprint density at radius 1 is 1.00 bits per heavy atom. The van der Waals surface area contributed by atoms with Crippen LogP contribution in [-0.4, -0.2) is 41.5 Å². The zero-order valence-electron chi connectivity index (χ0n) is 20.1. The smallest absolute Gasteiger partial charge is 0.254 e. The van der Waals surface area contributed by atoms with Gasteiger partial charge in [-0.25, -0.2) is 4.39 Å². The number of nitrogens with zero attached hydrogens (tertiary/aromatic N) is 2. The highest BCUT2D eigenvalue weighted by Crippen LogP contribution is 2.33. The second kappa shape index (κ2) is 10.9. The Morgan fingerprint density at radius 2 is 1.74 bits per heavy atom. The fourth-order valence-electron chi connectivity index (χ4n) is 3.92. The van der Waals surface area contributed by atoms with Crippen LogP contribution in [0.3, 0.4) is 0 Å². The number of thiophene rings is 1. The highest BCUT2D eigenvalue weighted by atomic mass is 32.1. The van der Waals surface area contributed by atoms with Gasteiger partial charge in [0, 0.05) is 23.5 Å². The lowest BCUT2D eigenvalue weighted by atomic mass is 10.1. The minimum Gasteiger partial charge on any atom is -0.454 e. The zero-order valence-corrected chi connectivity index (χ0v) is 20.9. The molecule has 2 amide bonds. The highest BCUT2D eigenvalue weighted by molar-refractivity contribution is 7.10. The second-order valence-electron chi connectivity index (χ2n) is 9.05. The van der Waals surface area contributed by atoms with Crippen molar-refractivity contribution in [1.82, 2.24) is 9.80 Å². The van der Waals surface area contributed by atoms with Gasteiger partial charge in [-0.3, -0.25) is 9.59 Å². The van der Waals surface area contributed by atoms with E-state index in [9.17, 15) is 14.0 Å². The molecule has 0 unspecified atom stereocenters. The molecule has 0 bridgehead atoms. The van der Waals surface area contributed by atoms with E-state index in [0.717, 1.165) is 16.0 Å². The molecule has 0 saturated heterocycles. The molecule has 2 heterocycles. The Hall–Kier alpha value is -3.39. The largest absolute Gasteiger partial charge is 0.454 e. The average Bonchev–Trinajstić information content (AvgIpc) is 3.46. The Balaban J connectivity index is 1.56. The van der Waals surface area contributed by atoms with Gasteiger partial charge in [-0.05, 0) is 65.7 Å². The molecule has 0 N–H and O–H groups in total. The fraction of sp³-hybridized carbons (Fsp3) is 0.333. The highest BCUT2D eigenvalue weighted by Gasteiger charge is 2.25. The van der Waals surface area contributed by atoms with Crippen molar-refractivity contribution in [3.05, 3.63) is 81.3 Å². The number of hydrogen-bond donors (Lipinski definition) is 0. The molecule has 1 aliphatic rings. The van der Waals surface area contributed by atoms with Crippen LogP contribution in [0.25, 0.3) is 0 Å². The van der Waals surface area contributed by atoms with E-state index in [1.807, 2.05) is 32.2 Å². The number of ether oxygens (including phenoxy) is 2. The summed E-state index contributed by atoms with van der Waals surface area (Å²) in [5.74, 6) is 0.572. The SMILES string of the molecule is Cc1ccsc1CN(Cc1ccc(F)cc1)C(=O)CN(CC(C)C)C(=O)c1ccc2c(c1)OCO2. The van der Waals surface area contributed by atoms with E-state index in [0.29, 0.717) is 36.7 Å². The molecule has 1 aromatic heterocycles. The van der Waals surface area contributed by atoms with Crippen molar-refractivity contribution >= 4 is 23.2 Å². The lowest BCUT2D eigenvalue weighted by molar-refractivity contribution is -0.133. The molecular weight excluding hydrogens is 467 g/mol. The van der Waals surface area contributed by atoms with Gasteiger partial charge >= 0.3 is 0 Å². The fourth-order valence-corrected chi connectivity index (χ4v) is 4.84. The summed E-state index contributed by atoms with van der Waals surface area (Å²) in [5, 5.41) is 2.00. The van der Waals surface area contributed by atoms with E-state index in [1.54, 1.807) is 51.5 Å². The first-order chi connectivity index (χ1) is 16.8. The molecule has 0 atom stereocenters. The van der Waals surface area contributed by atoms with Gasteiger partial charge < -0.3 is 19.3 Å². The van der Waals surface area contributed by atoms with Crippen molar-refractivity contribution in [2.75, 3.05) is 19.9 Å². The van der Waals surface area contributed by atoms with Crippen LogP contribution in [0.5, 0.6) is 11.5 Å². The second-order valence-corrected chi connectivity index (χ2v) is 10.1. The number of amides is 2. The Bertz CT molecular complexity index is 1190. The number of rotatable bonds is 9. The maximum Gasteiger partial charge on any atom is 0.254 e. The third-order valence-electron chi connectivity index (χ3n) is 5.76. The predicted octanol–water partition coefficient (Wildman–Crippen LogP) is 5.25. The molecule has 0 aliphatic carbocycles. The average molecular weight is 497 g/mol. The summed E-state index contributed by atoms with van der Waals surface area (Å²) in [7, 11) is 0. The third-order valence-corrected chi connectivity index (χ3v) is 6.77. The van der Waals surface area contributed by atoms with Gasteiger partial charge in [0.25, 0.3) is 5.91 Å². The Kier molecular flexibility index (Phi) is 7.70. The summed E-state index contributed by atoms with van der Waals surface area (Å²) in [4.78, 5) is 31.4. The number of halogens is 1. The first kappa shape index (κ1) is 24.7. The van der Waals surface area contributed by atoms with Gasteiger partial charge in [0.1, 0.15) is 12.4 Å². The summed E-state index contributed by atoms with van der Waals surface area (Å²) < 4.78 is 24.2. The minimum atomic E-state index is -0.321. The van der Waals surface area contributed by atoms with Gasteiger partial charge in [0.2, 0.25) is 12.7 Å². The van der Waals surface area contributed by atoms with Gasteiger partial charge in [-0.1, -0.05) is 26.0 Å². The molecule has 1 aliphatic heterocycles. The number of hydrogen-bond acceptors (Lipinski definition) is 5. The first-order valence-corrected chi connectivity index (χ1v) is 12.4. The lowest BCUT2D eigenvalue weighted by Crippen LogP contribution is -2.43. The van der Waals surface area contributed by atoms with Gasteiger partial charge in [-0.2, -0.15) is 0 Å². The minimum absolute atomic E-state index is 0.0585. The van der Waals surface area contributed by atoms with Crippen molar-refractivity contribution in [3.8, 4) is 11.5 Å². The topological polar surface area (TPSA) is 59.1 Å². The molecule has 184 valence electrons. The number of aryl methyl sites for hydroxylation is 1. The molecule has 0 fully saturated rings. The maximum absolute atomic E-state index is 13.6.